The van der Waals surface area contributed by atoms with Crippen LogP contribution in [0.3, 0.4) is 0 Å². The molecule has 0 N–H and O–H groups in total. The highest BCUT2D eigenvalue weighted by Crippen LogP contribution is 2.17. The SMILES string of the molecule is O=C(COc1ccc(Cl)cc1)Oc1ccc(/C=C/c2ccccn2)cc1. The maximum Gasteiger partial charge on any atom is 0.349 e. The number of halogens is 1. The second-order valence-corrected chi connectivity index (χ2v) is 5.81. The monoisotopic (exact) mass is 365 g/mol. The summed E-state index contributed by atoms with van der Waals surface area (Å²) in [4.78, 5) is 16.1. The van der Waals surface area contributed by atoms with Gasteiger partial charge in [0.1, 0.15) is 11.5 Å². The van der Waals surface area contributed by atoms with E-state index in [0.29, 0.717) is 16.5 Å². The maximum atomic E-state index is 11.9. The molecule has 1 heterocycles. The minimum Gasteiger partial charge on any atom is -0.482 e. The molecule has 0 spiro atoms. The molecule has 2 aromatic carbocycles. The third-order valence-electron chi connectivity index (χ3n) is 3.42. The first-order valence-corrected chi connectivity index (χ1v) is 8.35. The zero-order valence-corrected chi connectivity index (χ0v) is 14.6. The number of ether oxygens (including phenoxy) is 2. The van der Waals surface area contributed by atoms with Crippen molar-refractivity contribution < 1.29 is 14.3 Å². The number of esters is 1. The summed E-state index contributed by atoms with van der Waals surface area (Å²) in [5, 5.41) is 0.608. The first kappa shape index (κ1) is 17.7. The van der Waals surface area contributed by atoms with Gasteiger partial charge in [0.15, 0.2) is 6.61 Å². The summed E-state index contributed by atoms with van der Waals surface area (Å²) in [6, 6.07) is 19.7. The summed E-state index contributed by atoms with van der Waals surface area (Å²) in [5.41, 5.74) is 1.86. The molecule has 0 bridgehead atoms. The number of hydrogen-bond acceptors (Lipinski definition) is 4. The molecule has 4 nitrogen and oxygen atoms in total. The highest BCUT2D eigenvalue weighted by Gasteiger charge is 2.06. The number of benzene rings is 2. The van der Waals surface area contributed by atoms with Gasteiger partial charge in [0.25, 0.3) is 0 Å². The van der Waals surface area contributed by atoms with Crippen LogP contribution in [0.4, 0.5) is 0 Å². The van der Waals surface area contributed by atoms with Crippen LogP contribution in [0, 0.1) is 0 Å². The molecule has 0 aliphatic heterocycles. The Morgan fingerprint density at radius 2 is 1.65 bits per heavy atom. The number of nitrogens with zero attached hydrogens (tertiary/aromatic N) is 1. The Balaban J connectivity index is 1.51. The van der Waals surface area contributed by atoms with Crippen LogP contribution in [0.15, 0.2) is 72.9 Å². The lowest BCUT2D eigenvalue weighted by atomic mass is 10.2. The molecule has 0 radical (unpaired) electrons. The third-order valence-corrected chi connectivity index (χ3v) is 3.67. The second-order valence-electron chi connectivity index (χ2n) is 5.37. The van der Waals surface area contributed by atoms with Crippen molar-refractivity contribution in [3.63, 3.8) is 0 Å². The number of hydrogen-bond donors (Lipinski definition) is 0. The van der Waals surface area contributed by atoms with Crippen molar-refractivity contribution in [1.82, 2.24) is 4.98 Å². The van der Waals surface area contributed by atoms with Gasteiger partial charge in [-0.25, -0.2) is 4.79 Å². The van der Waals surface area contributed by atoms with Crippen LogP contribution >= 0.6 is 11.6 Å². The van der Waals surface area contributed by atoms with E-state index in [1.807, 2.05) is 42.5 Å². The Bertz CT molecular complexity index is 875. The fourth-order valence-electron chi connectivity index (χ4n) is 2.14. The molecule has 26 heavy (non-hydrogen) atoms. The predicted octanol–water partition coefficient (Wildman–Crippen LogP) is 4.89. The van der Waals surface area contributed by atoms with Crippen molar-refractivity contribution in [3.05, 3.63) is 89.2 Å². The van der Waals surface area contributed by atoms with Gasteiger partial charge in [0.2, 0.25) is 0 Å². The third kappa shape index (κ3) is 5.46. The Labute approximate surface area is 156 Å². The van der Waals surface area contributed by atoms with Gasteiger partial charge in [-0.1, -0.05) is 35.9 Å². The number of pyridine rings is 1. The molecule has 1 aromatic heterocycles. The standard InChI is InChI=1S/C21H16ClNO3/c22-17-7-12-19(13-8-17)25-15-21(24)26-20-10-5-16(6-11-20)4-9-18-3-1-2-14-23-18/h1-14H,15H2/b9-4+. The first-order valence-electron chi connectivity index (χ1n) is 7.97. The van der Waals surface area contributed by atoms with Gasteiger partial charge in [-0.15, -0.1) is 0 Å². The van der Waals surface area contributed by atoms with Gasteiger partial charge in [-0.3, -0.25) is 4.98 Å². The summed E-state index contributed by atoms with van der Waals surface area (Å²) in [6.07, 6.45) is 5.60. The van der Waals surface area contributed by atoms with Crippen molar-refractivity contribution in [2.24, 2.45) is 0 Å². The van der Waals surface area contributed by atoms with Gasteiger partial charge >= 0.3 is 5.97 Å². The van der Waals surface area contributed by atoms with Gasteiger partial charge < -0.3 is 9.47 Å². The highest BCUT2D eigenvalue weighted by molar-refractivity contribution is 6.30. The quantitative estimate of drug-likeness (QED) is 0.461. The average Bonchev–Trinajstić information content (AvgIpc) is 2.68. The predicted molar refractivity (Wildman–Crippen MR) is 102 cm³/mol. The summed E-state index contributed by atoms with van der Waals surface area (Å²) in [6.45, 7) is -0.178. The molecular weight excluding hydrogens is 350 g/mol. The van der Waals surface area contributed by atoms with E-state index in [9.17, 15) is 4.79 Å². The fourth-order valence-corrected chi connectivity index (χ4v) is 2.26. The van der Waals surface area contributed by atoms with Crippen molar-refractivity contribution in [2.45, 2.75) is 0 Å². The van der Waals surface area contributed by atoms with E-state index in [4.69, 9.17) is 21.1 Å². The molecule has 130 valence electrons. The molecule has 0 aliphatic rings. The van der Waals surface area contributed by atoms with Crippen LogP contribution in [0.2, 0.25) is 5.02 Å². The second kappa shape index (κ2) is 8.83. The van der Waals surface area contributed by atoms with Gasteiger partial charge in [-0.05, 0) is 60.2 Å². The average molecular weight is 366 g/mol. The van der Waals surface area contributed by atoms with Crippen molar-refractivity contribution in [2.75, 3.05) is 6.61 Å². The summed E-state index contributed by atoms with van der Waals surface area (Å²) >= 11 is 5.80. The minimum absolute atomic E-state index is 0.178. The van der Waals surface area contributed by atoms with E-state index >= 15 is 0 Å². The topological polar surface area (TPSA) is 48.4 Å². The first-order chi connectivity index (χ1) is 12.7. The Morgan fingerprint density at radius 3 is 2.35 bits per heavy atom. The van der Waals surface area contributed by atoms with Crippen LogP contribution < -0.4 is 9.47 Å². The molecule has 0 saturated carbocycles. The maximum absolute atomic E-state index is 11.9. The van der Waals surface area contributed by atoms with E-state index in [0.717, 1.165) is 11.3 Å². The Morgan fingerprint density at radius 1 is 0.923 bits per heavy atom. The Hall–Kier alpha value is -3.11. The highest BCUT2D eigenvalue weighted by atomic mass is 35.5. The number of carbonyl (C=O) groups excluding carboxylic acids is 1. The number of aromatic nitrogens is 1. The van der Waals surface area contributed by atoms with E-state index in [-0.39, 0.29) is 6.61 Å². The molecule has 0 unspecified atom stereocenters. The zero-order chi connectivity index (χ0) is 18.2. The van der Waals surface area contributed by atoms with Crippen molar-refractivity contribution in [3.8, 4) is 11.5 Å². The normalized spacial score (nSPS) is 10.7. The van der Waals surface area contributed by atoms with Crippen molar-refractivity contribution >= 4 is 29.7 Å². The number of rotatable bonds is 6. The summed E-state index contributed by atoms with van der Waals surface area (Å²) in [7, 11) is 0. The van der Waals surface area contributed by atoms with Crippen molar-refractivity contribution in [1.29, 1.82) is 0 Å². The van der Waals surface area contributed by atoms with Gasteiger partial charge in [-0.2, -0.15) is 0 Å². The van der Waals surface area contributed by atoms with Crippen LogP contribution in [-0.4, -0.2) is 17.6 Å². The lowest BCUT2D eigenvalue weighted by Crippen LogP contribution is -2.17. The van der Waals surface area contributed by atoms with Crippen LogP contribution in [0.25, 0.3) is 12.2 Å². The molecule has 5 heteroatoms. The van der Waals surface area contributed by atoms with Gasteiger partial charge in [0.05, 0.1) is 5.69 Å². The van der Waals surface area contributed by atoms with E-state index in [2.05, 4.69) is 4.98 Å². The fraction of sp³-hybridized carbons (Fsp3) is 0.0476. The number of carbonyl (C=O) groups is 1. The molecule has 0 atom stereocenters. The Kier molecular flexibility index (Phi) is 6.01. The molecule has 3 aromatic rings. The summed E-state index contributed by atoms with van der Waals surface area (Å²) < 4.78 is 10.6. The van der Waals surface area contributed by atoms with E-state index in [1.54, 1.807) is 42.6 Å². The molecule has 0 aliphatic carbocycles. The minimum atomic E-state index is -0.475. The zero-order valence-electron chi connectivity index (χ0n) is 13.8. The molecule has 0 saturated heterocycles. The lowest BCUT2D eigenvalue weighted by molar-refractivity contribution is -0.136. The van der Waals surface area contributed by atoms with Gasteiger partial charge in [0, 0.05) is 11.2 Å². The smallest absolute Gasteiger partial charge is 0.349 e. The molecule has 0 fully saturated rings. The summed E-state index contributed by atoms with van der Waals surface area (Å²) in [5.74, 6) is 0.544. The van der Waals surface area contributed by atoms with E-state index < -0.39 is 5.97 Å². The van der Waals surface area contributed by atoms with E-state index in [1.165, 1.54) is 0 Å². The van der Waals surface area contributed by atoms with Crippen LogP contribution in [0.5, 0.6) is 11.5 Å². The molecule has 0 amide bonds. The molecular formula is C21H16ClNO3. The van der Waals surface area contributed by atoms with Crippen LogP contribution in [0.1, 0.15) is 11.3 Å². The lowest BCUT2D eigenvalue weighted by Gasteiger charge is -2.07. The largest absolute Gasteiger partial charge is 0.482 e. The molecule has 3 rings (SSSR count). The van der Waals surface area contributed by atoms with Crippen LogP contribution in [-0.2, 0) is 4.79 Å².